The van der Waals surface area contributed by atoms with E-state index in [-0.39, 0.29) is 18.2 Å². The Morgan fingerprint density at radius 2 is 1.62 bits per heavy atom. The largest absolute Gasteiger partial charge is 0.381 e. The Hall–Kier alpha value is -1.74. The van der Waals surface area contributed by atoms with E-state index in [1.54, 1.807) is 6.92 Å². The van der Waals surface area contributed by atoms with E-state index in [9.17, 15) is 8.42 Å². The predicted molar refractivity (Wildman–Crippen MR) is 95.5 cm³/mol. The van der Waals surface area contributed by atoms with Crippen molar-refractivity contribution in [2.24, 2.45) is 10.1 Å². The molecular weight excluding hydrogens is 328 g/mol. The lowest BCUT2D eigenvalue weighted by Crippen LogP contribution is -2.46. The van der Waals surface area contributed by atoms with Gasteiger partial charge in [0.15, 0.2) is 11.7 Å². The van der Waals surface area contributed by atoms with Crippen molar-refractivity contribution in [2.75, 3.05) is 17.4 Å². The van der Waals surface area contributed by atoms with Gasteiger partial charge in [-0.2, -0.15) is 8.42 Å². The molecule has 8 nitrogen and oxygen atoms in total. The van der Waals surface area contributed by atoms with Crippen LogP contribution < -0.4 is 10.0 Å². The van der Waals surface area contributed by atoms with E-state index in [1.807, 2.05) is 6.92 Å². The number of amidine groups is 1. The average molecular weight is 354 g/mol. The van der Waals surface area contributed by atoms with Crippen LogP contribution in [0.5, 0.6) is 0 Å². The molecule has 0 atom stereocenters. The van der Waals surface area contributed by atoms with Crippen LogP contribution in [0.3, 0.4) is 0 Å². The van der Waals surface area contributed by atoms with Crippen LogP contribution in [0.15, 0.2) is 4.40 Å². The normalized spacial score (nSPS) is 16.7. The molecule has 1 aliphatic rings. The third kappa shape index (κ3) is 3.51. The number of anilines is 1. The highest BCUT2D eigenvalue weighted by Gasteiger charge is 2.34. The first-order valence-corrected chi connectivity index (χ1v) is 9.43. The first-order chi connectivity index (χ1) is 11.0. The molecule has 0 aliphatic carbocycles. The van der Waals surface area contributed by atoms with Crippen molar-refractivity contribution in [1.29, 1.82) is 0 Å². The number of nitrogens with two attached hydrogens (primary N) is 1. The van der Waals surface area contributed by atoms with Crippen molar-refractivity contribution in [3.05, 3.63) is 17.1 Å². The standard InChI is InChI=1S/C15H26N6O2S/c1-9(2)20(10(3)4)7-8-21-15-13(14(16)19-24(21,22)23)17-11(5)12(6)18-15/h9-10H,7-8H2,1-6H3,(H2,16,19). The minimum atomic E-state index is -3.90. The summed E-state index contributed by atoms with van der Waals surface area (Å²) in [7, 11) is -3.90. The molecule has 0 fully saturated rings. The van der Waals surface area contributed by atoms with Crippen LogP contribution in [0, 0.1) is 13.8 Å². The lowest BCUT2D eigenvalue weighted by atomic mass is 10.2. The number of nitrogens with zero attached hydrogens (tertiary/aromatic N) is 5. The van der Waals surface area contributed by atoms with Gasteiger partial charge in [-0.25, -0.2) is 14.3 Å². The van der Waals surface area contributed by atoms with Crippen LogP contribution >= 0.6 is 0 Å². The Bertz CT molecular complexity index is 749. The number of fused-ring (bicyclic) bond motifs is 1. The van der Waals surface area contributed by atoms with E-state index in [1.165, 1.54) is 4.31 Å². The van der Waals surface area contributed by atoms with Crippen LogP contribution in [0.1, 0.15) is 44.8 Å². The summed E-state index contributed by atoms with van der Waals surface area (Å²) in [6.45, 7) is 12.8. The van der Waals surface area contributed by atoms with Crippen molar-refractivity contribution >= 4 is 21.9 Å². The second-order valence-corrected chi connectivity index (χ2v) is 8.04. The van der Waals surface area contributed by atoms with E-state index in [0.29, 0.717) is 35.7 Å². The minimum Gasteiger partial charge on any atom is -0.381 e. The van der Waals surface area contributed by atoms with Crippen molar-refractivity contribution in [3.8, 4) is 0 Å². The summed E-state index contributed by atoms with van der Waals surface area (Å²) in [5.41, 5.74) is 7.49. The van der Waals surface area contributed by atoms with Gasteiger partial charge in [0.1, 0.15) is 5.69 Å². The average Bonchev–Trinajstić information content (AvgIpc) is 2.43. The van der Waals surface area contributed by atoms with Gasteiger partial charge in [-0.15, -0.1) is 4.40 Å². The van der Waals surface area contributed by atoms with Gasteiger partial charge < -0.3 is 5.73 Å². The third-order valence-corrected chi connectivity index (χ3v) is 5.49. The molecule has 0 bridgehead atoms. The first kappa shape index (κ1) is 18.6. The summed E-state index contributed by atoms with van der Waals surface area (Å²) in [4.78, 5) is 11.0. The Labute approximate surface area is 144 Å². The van der Waals surface area contributed by atoms with E-state index in [4.69, 9.17) is 5.73 Å². The van der Waals surface area contributed by atoms with E-state index >= 15 is 0 Å². The molecule has 0 unspecified atom stereocenters. The molecule has 2 rings (SSSR count). The summed E-state index contributed by atoms with van der Waals surface area (Å²) in [5.74, 6) is 0.152. The van der Waals surface area contributed by atoms with E-state index < -0.39 is 10.2 Å². The Morgan fingerprint density at radius 1 is 1.08 bits per heavy atom. The van der Waals surface area contributed by atoms with Crippen LogP contribution in [0.4, 0.5) is 5.82 Å². The fraction of sp³-hybridized carbons (Fsp3) is 0.667. The molecule has 0 saturated heterocycles. The highest BCUT2D eigenvalue weighted by molar-refractivity contribution is 7.91. The van der Waals surface area contributed by atoms with E-state index in [0.717, 1.165) is 0 Å². The summed E-state index contributed by atoms with van der Waals surface area (Å²) in [6, 6.07) is 0.604. The Kier molecular flexibility index (Phi) is 5.14. The third-order valence-electron chi connectivity index (χ3n) is 4.15. The monoisotopic (exact) mass is 354 g/mol. The highest BCUT2D eigenvalue weighted by Crippen LogP contribution is 2.26. The zero-order valence-electron chi connectivity index (χ0n) is 15.1. The summed E-state index contributed by atoms with van der Waals surface area (Å²) in [5, 5.41) is 0. The van der Waals surface area contributed by atoms with Crippen molar-refractivity contribution in [1.82, 2.24) is 14.9 Å². The van der Waals surface area contributed by atoms with Crippen LogP contribution in [0.2, 0.25) is 0 Å². The van der Waals surface area contributed by atoms with Crippen LogP contribution in [-0.4, -0.2) is 54.3 Å². The number of aryl methyl sites for hydroxylation is 2. The number of hydrogen-bond acceptors (Lipinski definition) is 6. The van der Waals surface area contributed by atoms with Gasteiger partial charge in [-0.3, -0.25) is 4.90 Å². The van der Waals surface area contributed by atoms with E-state index in [2.05, 4.69) is 47.0 Å². The molecule has 0 amide bonds. The first-order valence-electron chi connectivity index (χ1n) is 8.04. The Morgan fingerprint density at radius 3 is 2.17 bits per heavy atom. The number of aromatic nitrogens is 2. The summed E-state index contributed by atoms with van der Waals surface area (Å²) >= 11 is 0. The molecule has 0 radical (unpaired) electrons. The molecule has 1 aromatic rings. The topological polar surface area (TPSA) is 105 Å². The maximum absolute atomic E-state index is 12.5. The van der Waals surface area contributed by atoms with Gasteiger partial charge in [-0.05, 0) is 41.5 Å². The molecule has 1 aromatic heterocycles. The Balaban J connectivity index is 2.41. The van der Waals surface area contributed by atoms with Crippen LogP contribution in [0.25, 0.3) is 0 Å². The van der Waals surface area contributed by atoms with Crippen molar-refractivity contribution in [2.45, 2.75) is 53.6 Å². The predicted octanol–water partition coefficient (Wildman–Crippen LogP) is 0.982. The van der Waals surface area contributed by atoms with Gasteiger partial charge in [0.25, 0.3) is 0 Å². The maximum atomic E-state index is 12.5. The van der Waals surface area contributed by atoms with Gasteiger partial charge in [0.2, 0.25) is 0 Å². The molecule has 134 valence electrons. The van der Waals surface area contributed by atoms with Gasteiger partial charge in [-0.1, -0.05) is 0 Å². The molecule has 2 N–H and O–H groups in total. The quantitative estimate of drug-likeness (QED) is 0.845. The molecule has 0 spiro atoms. The van der Waals surface area contributed by atoms with Crippen molar-refractivity contribution in [3.63, 3.8) is 0 Å². The summed E-state index contributed by atoms with van der Waals surface area (Å²) in [6.07, 6.45) is 0. The number of hydrogen-bond donors (Lipinski definition) is 1. The smallest absolute Gasteiger partial charge is 0.348 e. The second-order valence-electron chi connectivity index (χ2n) is 6.52. The molecule has 0 saturated carbocycles. The zero-order valence-corrected chi connectivity index (χ0v) is 15.9. The van der Waals surface area contributed by atoms with Crippen LogP contribution in [-0.2, 0) is 10.2 Å². The lowest BCUT2D eigenvalue weighted by molar-refractivity contribution is 0.181. The zero-order chi connectivity index (χ0) is 18.2. The minimum absolute atomic E-state index is 0.110. The van der Waals surface area contributed by atoms with Gasteiger partial charge in [0, 0.05) is 18.6 Å². The highest BCUT2D eigenvalue weighted by atomic mass is 32.2. The maximum Gasteiger partial charge on any atom is 0.348 e. The molecule has 24 heavy (non-hydrogen) atoms. The molecule has 1 aliphatic heterocycles. The number of rotatable bonds is 5. The fourth-order valence-corrected chi connectivity index (χ4v) is 3.90. The molecular formula is C15H26N6O2S. The molecule has 2 heterocycles. The molecule has 0 aromatic carbocycles. The molecule has 9 heteroatoms. The lowest BCUT2D eigenvalue weighted by Gasteiger charge is -2.33. The summed E-state index contributed by atoms with van der Waals surface area (Å²) < 4.78 is 29.8. The van der Waals surface area contributed by atoms with Gasteiger partial charge >= 0.3 is 10.2 Å². The van der Waals surface area contributed by atoms with Crippen molar-refractivity contribution < 1.29 is 8.42 Å². The van der Waals surface area contributed by atoms with Gasteiger partial charge in [0.05, 0.1) is 17.9 Å². The second kappa shape index (κ2) is 6.64. The SMILES string of the molecule is Cc1nc2c(nc1C)N(CCN(C(C)C)C(C)C)S(=O)(=O)N=C2N. The fourth-order valence-electron chi connectivity index (χ4n) is 2.80.